The first-order valence-corrected chi connectivity index (χ1v) is 6.22. The van der Waals surface area contributed by atoms with Crippen LogP contribution in [0.2, 0.25) is 0 Å². The number of amides is 1. The van der Waals surface area contributed by atoms with Gasteiger partial charge >= 0.3 is 0 Å². The molecule has 7 heteroatoms. The topological polar surface area (TPSA) is 71.8 Å². The molecule has 108 valence electrons. The number of halogens is 1. The van der Waals surface area contributed by atoms with Gasteiger partial charge in [0.1, 0.15) is 0 Å². The van der Waals surface area contributed by atoms with Crippen molar-refractivity contribution in [1.82, 2.24) is 25.6 Å². The molecule has 0 aliphatic carbocycles. The molecule has 2 N–H and O–H groups in total. The van der Waals surface area contributed by atoms with Crippen LogP contribution in [-0.2, 0) is 0 Å². The van der Waals surface area contributed by atoms with E-state index in [0.717, 1.165) is 18.7 Å². The number of carbonyl (C=O) groups is 1. The van der Waals surface area contributed by atoms with Crippen molar-refractivity contribution in [2.75, 3.05) is 20.1 Å². The number of carbonyl (C=O) groups excluding carboxylic acids is 1. The average molecular weight is 296 g/mol. The first-order valence-electron chi connectivity index (χ1n) is 6.22. The molecule has 6 nitrogen and oxygen atoms in total. The molecule has 1 heterocycles. The number of hydrogen-bond acceptors (Lipinski definition) is 4. The summed E-state index contributed by atoms with van der Waals surface area (Å²) in [7, 11) is 1.88. The summed E-state index contributed by atoms with van der Waals surface area (Å²) in [4.78, 5) is 11.8. The van der Waals surface area contributed by atoms with E-state index in [9.17, 15) is 4.79 Å². The van der Waals surface area contributed by atoms with Gasteiger partial charge in [0.15, 0.2) is 5.69 Å². The maximum Gasteiger partial charge on any atom is 0.273 e. The molecule has 1 amide bonds. The van der Waals surface area contributed by atoms with Crippen molar-refractivity contribution in [1.29, 1.82) is 0 Å². The van der Waals surface area contributed by atoms with Crippen LogP contribution in [0.5, 0.6) is 0 Å². The molecule has 1 aromatic carbocycles. The predicted molar refractivity (Wildman–Crippen MR) is 79.5 cm³/mol. The van der Waals surface area contributed by atoms with Crippen LogP contribution in [0.3, 0.4) is 0 Å². The highest BCUT2D eigenvalue weighted by Gasteiger charge is 2.10. The molecule has 0 saturated heterocycles. The Kier molecular flexibility index (Phi) is 6.69. The van der Waals surface area contributed by atoms with E-state index < -0.39 is 0 Å². The molecule has 2 rings (SSSR count). The number of aromatic nitrogens is 3. The van der Waals surface area contributed by atoms with Crippen molar-refractivity contribution in [3.05, 3.63) is 42.2 Å². The summed E-state index contributed by atoms with van der Waals surface area (Å²) in [5, 5.41) is 13.6. The number of rotatable bonds is 6. The Morgan fingerprint density at radius 1 is 1.25 bits per heavy atom. The van der Waals surface area contributed by atoms with Crippen LogP contribution in [0.25, 0.3) is 5.69 Å². The highest BCUT2D eigenvalue weighted by Crippen LogP contribution is 2.05. The number of nitrogens with one attached hydrogen (secondary N) is 2. The molecule has 0 spiro atoms. The first kappa shape index (κ1) is 16.1. The molecule has 2 aromatic rings. The highest BCUT2D eigenvalue weighted by atomic mass is 35.5. The molecule has 0 unspecified atom stereocenters. The molecule has 0 saturated carbocycles. The van der Waals surface area contributed by atoms with E-state index in [2.05, 4.69) is 20.9 Å². The summed E-state index contributed by atoms with van der Waals surface area (Å²) < 4.78 is 1.59. The lowest BCUT2D eigenvalue weighted by Gasteiger charge is -2.01. The summed E-state index contributed by atoms with van der Waals surface area (Å²) in [6.45, 7) is 1.49. The van der Waals surface area contributed by atoms with Crippen molar-refractivity contribution in [2.45, 2.75) is 6.42 Å². The third-order valence-corrected chi connectivity index (χ3v) is 2.64. The summed E-state index contributed by atoms with van der Waals surface area (Å²) >= 11 is 0. The van der Waals surface area contributed by atoms with Gasteiger partial charge in [0.25, 0.3) is 5.91 Å². The van der Waals surface area contributed by atoms with Gasteiger partial charge in [-0.1, -0.05) is 23.4 Å². The van der Waals surface area contributed by atoms with Gasteiger partial charge in [-0.25, -0.2) is 4.68 Å². The van der Waals surface area contributed by atoms with Crippen molar-refractivity contribution < 1.29 is 4.79 Å². The fraction of sp³-hybridized carbons (Fsp3) is 0.308. The minimum Gasteiger partial charge on any atom is -0.351 e. The van der Waals surface area contributed by atoms with Gasteiger partial charge in [-0.3, -0.25) is 4.79 Å². The van der Waals surface area contributed by atoms with E-state index in [-0.39, 0.29) is 18.3 Å². The molecule has 0 radical (unpaired) electrons. The fourth-order valence-electron chi connectivity index (χ4n) is 1.63. The van der Waals surface area contributed by atoms with Gasteiger partial charge < -0.3 is 10.6 Å². The van der Waals surface area contributed by atoms with Crippen LogP contribution in [0, 0.1) is 0 Å². The average Bonchev–Trinajstić information content (AvgIpc) is 2.94. The van der Waals surface area contributed by atoms with Crippen molar-refractivity contribution in [3.63, 3.8) is 0 Å². The fourth-order valence-corrected chi connectivity index (χ4v) is 1.63. The molecular formula is C13H18ClN5O. The summed E-state index contributed by atoms with van der Waals surface area (Å²) in [5.41, 5.74) is 1.21. The Labute approximate surface area is 124 Å². The van der Waals surface area contributed by atoms with Crippen LogP contribution in [0.1, 0.15) is 16.9 Å². The van der Waals surface area contributed by atoms with Gasteiger partial charge in [-0.2, -0.15) is 0 Å². The zero-order valence-electron chi connectivity index (χ0n) is 11.2. The van der Waals surface area contributed by atoms with Crippen LogP contribution < -0.4 is 10.6 Å². The van der Waals surface area contributed by atoms with Crippen LogP contribution in [-0.4, -0.2) is 41.0 Å². The normalized spacial score (nSPS) is 9.85. The Hall–Kier alpha value is -1.92. The van der Waals surface area contributed by atoms with E-state index in [1.54, 1.807) is 10.9 Å². The van der Waals surface area contributed by atoms with Crippen LogP contribution in [0.15, 0.2) is 36.5 Å². The summed E-state index contributed by atoms with van der Waals surface area (Å²) in [6, 6.07) is 9.56. The third kappa shape index (κ3) is 4.32. The lowest BCUT2D eigenvalue weighted by Crippen LogP contribution is -2.26. The van der Waals surface area contributed by atoms with Crippen LogP contribution in [0.4, 0.5) is 0 Å². The van der Waals surface area contributed by atoms with E-state index in [4.69, 9.17) is 0 Å². The first-order chi connectivity index (χ1) is 9.31. The zero-order chi connectivity index (χ0) is 13.5. The monoisotopic (exact) mass is 295 g/mol. The Bertz CT molecular complexity index is 529. The van der Waals surface area contributed by atoms with Gasteiger partial charge in [0.2, 0.25) is 0 Å². The lowest BCUT2D eigenvalue weighted by molar-refractivity contribution is 0.0948. The van der Waals surface area contributed by atoms with Crippen molar-refractivity contribution in [2.24, 2.45) is 0 Å². The Morgan fingerprint density at radius 3 is 2.70 bits per heavy atom. The second-order valence-electron chi connectivity index (χ2n) is 4.10. The van der Waals surface area contributed by atoms with E-state index in [1.807, 2.05) is 37.4 Å². The Morgan fingerprint density at radius 2 is 2.00 bits per heavy atom. The second-order valence-corrected chi connectivity index (χ2v) is 4.10. The molecule has 20 heavy (non-hydrogen) atoms. The van der Waals surface area contributed by atoms with Gasteiger partial charge in [-0.05, 0) is 32.1 Å². The molecule has 0 aliphatic heterocycles. The van der Waals surface area contributed by atoms with E-state index in [1.165, 1.54) is 0 Å². The SMILES string of the molecule is CNCCCNC(=O)c1cn(-c2ccccc2)nn1.Cl. The number of nitrogens with zero attached hydrogens (tertiary/aromatic N) is 3. The Balaban J connectivity index is 0.00000200. The highest BCUT2D eigenvalue weighted by molar-refractivity contribution is 5.91. The van der Waals surface area contributed by atoms with Crippen molar-refractivity contribution >= 4 is 18.3 Å². The third-order valence-electron chi connectivity index (χ3n) is 2.64. The summed E-state index contributed by atoms with van der Waals surface area (Å²) in [5.74, 6) is -0.196. The minimum atomic E-state index is -0.196. The van der Waals surface area contributed by atoms with Gasteiger partial charge in [0.05, 0.1) is 11.9 Å². The maximum absolute atomic E-state index is 11.8. The molecule has 0 aliphatic rings. The van der Waals surface area contributed by atoms with Crippen molar-refractivity contribution in [3.8, 4) is 5.69 Å². The molecular weight excluding hydrogens is 278 g/mol. The predicted octanol–water partition coefficient (Wildman–Crippen LogP) is 1.03. The quantitative estimate of drug-likeness (QED) is 0.781. The maximum atomic E-state index is 11.8. The largest absolute Gasteiger partial charge is 0.351 e. The zero-order valence-corrected chi connectivity index (χ0v) is 12.1. The minimum absolute atomic E-state index is 0. The smallest absolute Gasteiger partial charge is 0.273 e. The summed E-state index contributed by atoms with van der Waals surface area (Å²) in [6.07, 6.45) is 2.51. The number of hydrogen-bond donors (Lipinski definition) is 2. The molecule has 0 atom stereocenters. The number of benzene rings is 1. The van der Waals surface area contributed by atoms with E-state index >= 15 is 0 Å². The van der Waals surface area contributed by atoms with E-state index in [0.29, 0.717) is 12.2 Å². The number of para-hydroxylation sites is 1. The second kappa shape index (κ2) is 8.29. The molecule has 0 fully saturated rings. The standard InChI is InChI=1S/C13H17N5O.ClH/c1-14-8-5-9-15-13(19)12-10-18(17-16-12)11-6-3-2-4-7-11;/h2-4,6-7,10,14H,5,8-9H2,1H3,(H,15,19);1H. The lowest BCUT2D eigenvalue weighted by atomic mass is 10.3. The van der Waals surface area contributed by atoms with Crippen LogP contribution >= 0.6 is 12.4 Å². The van der Waals surface area contributed by atoms with Gasteiger partial charge in [0, 0.05) is 6.54 Å². The molecule has 0 bridgehead atoms. The molecule has 1 aromatic heterocycles. The van der Waals surface area contributed by atoms with Gasteiger partial charge in [-0.15, -0.1) is 17.5 Å².